The van der Waals surface area contributed by atoms with Crippen molar-refractivity contribution >= 4 is 38.5 Å². The van der Waals surface area contributed by atoms with Gasteiger partial charge in [0, 0.05) is 11.2 Å². The van der Waals surface area contributed by atoms with Gasteiger partial charge in [0.05, 0.1) is 34.0 Å². The van der Waals surface area contributed by atoms with Crippen LogP contribution in [0.3, 0.4) is 0 Å². The zero-order valence-electron chi connectivity index (χ0n) is 13.0. The number of aromatic nitrogens is 2. The third-order valence-electron chi connectivity index (χ3n) is 4.36. The van der Waals surface area contributed by atoms with Crippen LogP contribution in [0.15, 0.2) is 53.7 Å². The van der Waals surface area contributed by atoms with Crippen LogP contribution in [0.4, 0.5) is 5.69 Å². The van der Waals surface area contributed by atoms with Crippen LogP contribution >= 0.6 is 11.6 Å². The van der Waals surface area contributed by atoms with E-state index in [0.717, 1.165) is 5.52 Å². The number of carbonyl (C=O) groups is 1. The zero-order valence-corrected chi connectivity index (χ0v) is 14.6. The number of carbonyl (C=O) groups excluding carboxylic acids is 1. The highest BCUT2D eigenvalue weighted by atomic mass is 35.5. The Morgan fingerprint density at radius 3 is 2.96 bits per heavy atom. The van der Waals surface area contributed by atoms with Gasteiger partial charge < -0.3 is 5.32 Å². The summed E-state index contributed by atoms with van der Waals surface area (Å²) >= 11 is 6.02. The molecule has 1 unspecified atom stereocenters. The second-order valence-corrected chi connectivity index (χ2v) is 8.43. The Labute approximate surface area is 149 Å². The summed E-state index contributed by atoms with van der Waals surface area (Å²) in [6, 6.07) is 10.1. The van der Waals surface area contributed by atoms with Gasteiger partial charge in [0.1, 0.15) is 0 Å². The van der Waals surface area contributed by atoms with Crippen LogP contribution in [0.2, 0.25) is 5.02 Å². The van der Waals surface area contributed by atoms with E-state index in [9.17, 15) is 13.2 Å². The van der Waals surface area contributed by atoms with Crippen molar-refractivity contribution < 1.29 is 13.2 Å². The minimum atomic E-state index is -3.38. The van der Waals surface area contributed by atoms with E-state index in [1.807, 2.05) is 18.2 Å². The molecule has 0 bridgehead atoms. The quantitative estimate of drug-likeness (QED) is 0.746. The molecule has 1 atom stereocenters. The summed E-state index contributed by atoms with van der Waals surface area (Å²) in [6.45, 7) is 0. The first-order chi connectivity index (χ1) is 12.0. The highest BCUT2D eigenvalue weighted by molar-refractivity contribution is 7.91. The van der Waals surface area contributed by atoms with E-state index in [0.29, 0.717) is 16.3 Å². The predicted molar refractivity (Wildman–Crippen MR) is 94.7 cm³/mol. The monoisotopic (exact) mass is 375 g/mol. The number of amides is 1. The maximum absolute atomic E-state index is 12.8. The van der Waals surface area contributed by atoms with E-state index in [4.69, 9.17) is 11.6 Å². The normalized spacial score (nSPS) is 18.7. The van der Waals surface area contributed by atoms with E-state index in [-0.39, 0.29) is 23.0 Å². The summed E-state index contributed by atoms with van der Waals surface area (Å²) in [4.78, 5) is 13.0. The number of sulfone groups is 1. The maximum atomic E-state index is 12.8. The van der Waals surface area contributed by atoms with Crippen LogP contribution in [-0.4, -0.2) is 29.7 Å². The SMILES string of the molecule is O=C(Nc1cnn2ccccc12)C1CCS(=O)(=O)c2ccc(Cl)cc21. The van der Waals surface area contributed by atoms with Gasteiger partial charge in [-0.25, -0.2) is 12.9 Å². The van der Waals surface area contributed by atoms with Crippen LogP contribution in [0.25, 0.3) is 5.52 Å². The Morgan fingerprint density at radius 1 is 1.28 bits per heavy atom. The van der Waals surface area contributed by atoms with Crippen LogP contribution in [0, 0.1) is 0 Å². The second-order valence-electron chi connectivity index (χ2n) is 5.92. The molecule has 0 saturated carbocycles. The molecular weight excluding hydrogens is 362 g/mol. The Morgan fingerprint density at radius 2 is 2.12 bits per heavy atom. The highest BCUT2D eigenvalue weighted by Crippen LogP contribution is 2.36. The van der Waals surface area contributed by atoms with Crippen LogP contribution in [-0.2, 0) is 14.6 Å². The molecule has 1 N–H and O–H groups in total. The lowest BCUT2D eigenvalue weighted by atomic mass is 9.95. The first-order valence-electron chi connectivity index (χ1n) is 7.71. The number of nitrogens with zero attached hydrogens (tertiary/aromatic N) is 2. The minimum Gasteiger partial charge on any atom is -0.322 e. The van der Waals surface area contributed by atoms with E-state index in [2.05, 4.69) is 10.4 Å². The fourth-order valence-corrected chi connectivity index (χ4v) is 4.92. The number of pyridine rings is 1. The number of hydrogen-bond donors (Lipinski definition) is 1. The molecule has 0 radical (unpaired) electrons. The molecule has 1 amide bonds. The fraction of sp³-hybridized carbons (Fsp3) is 0.176. The first kappa shape index (κ1) is 16.1. The number of nitrogens with one attached hydrogen (secondary N) is 1. The van der Waals surface area contributed by atoms with Gasteiger partial charge in [0.25, 0.3) is 0 Å². The van der Waals surface area contributed by atoms with Crippen molar-refractivity contribution in [3.05, 3.63) is 59.4 Å². The van der Waals surface area contributed by atoms with Crippen molar-refractivity contribution in [2.75, 3.05) is 11.1 Å². The number of halogens is 1. The summed E-state index contributed by atoms with van der Waals surface area (Å²) < 4.78 is 26.2. The van der Waals surface area contributed by atoms with Crippen LogP contribution in [0.5, 0.6) is 0 Å². The molecule has 1 aliphatic heterocycles. The van der Waals surface area contributed by atoms with Gasteiger partial charge in [-0.2, -0.15) is 5.10 Å². The van der Waals surface area contributed by atoms with Crippen molar-refractivity contribution in [3.63, 3.8) is 0 Å². The van der Waals surface area contributed by atoms with Crippen molar-refractivity contribution in [2.45, 2.75) is 17.2 Å². The average molecular weight is 376 g/mol. The summed E-state index contributed by atoms with van der Waals surface area (Å²) in [6.07, 6.45) is 3.58. The second kappa shape index (κ2) is 5.86. The smallest absolute Gasteiger partial charge is 0.232 e. The van der Waals surface area contributed by atoms with Crippen LogP contribution in [0.1, 0.15) is 17.9 Å². The number of rotatable bonds is 2. The molecule has 128 valence electrons. The van der Waals surface area contributed by atoms with Crippen molar-refractivity contribution in [2.24, 2.45) is 0 Å². The average Bonchev–Trinajstić information content (AvgIpc) is 2.97. The Bertz CT molecular complexity index is 1090. The van der Waals surface area contributed by atoms with Crippen LogP contribution < -0.4 is 5.32 Å². The summed E-state index contributed by atoms with van der Waals surface area (Å²) in [5.74, 6) is -0.901. The third-order valence-corrected chi connectivity index (χ3v) is 6.41. The van der Waals surface area contributed by atoms with Gasteiger partial charge in [-0.3, -0.25) is 4.79 Å². The molecule has 0 saturated heterocycles. The van der Waals surface area contributed by atoms with Gasteiger partial charge >= 0.3 is 0 Å². The summed E-state index contributed by atoms with van der Waals surface area (Å²) in [7, 11) is -3.38. The zero-order chi connectivity index (χ0) is 17.6. The Hall–Kier alpha value is -2.38. The molecular formula is C17H14ClN3O3S. The molecule has 6 nitrogen and oxygen atoms in total. The lowest BCUT2D eigenvalue weighted by molar-refractivity contribution is -0.117. The molecule has 1 aliphatic rings. The van der Waals surface area contributed by atoms with Gasteiger partial charge in [-0.15, -0.1) is 0 Å². The van der Waals surface area contributed by atoms with Gasteiger partial charge in [0.2, 0.25) is 5.91 Å². The minimum absolute atomic E-state index is 0.0610. The predicted octanol–water partition coefficient (Wildman–Crippen LogP) is 2.89. The standard InChI is InChI=1S/C17H14ClN3O3S/c18-11-4-5-16-13(9-11)12(6-8-25(16,23)24)17(22)20-14-10-19-21-7-2-1-3-15(14)21/h1-5,7,9-10,12H,6,8H2,(H,20,22). The van der Waals surface area contributed by atoms with Gasteiger partial charge in [0.15, 0.2) is 9.84 Å². The molecule has 1 aromatic carbocycles. The molecule has 3 aromatic rings. The van der Waals surface area contributed by atoms with Gasteiger partial charge in [-0.1, -0.05) is 17.7 Å². The number of hydrogen-bond acceptors (Lipinski definition) is 4. The summed E-state index contributed by atoms with van der Waals surface area (Å²) in [5, 5.41) is 7.45. The number of fused-ring (bicyclic) bond motifs is 2. The summed E-state index contributed by atoms with van der Waals surface area (Å²) in [5.41, 5.74) is 1.81. The topological polar surface area (TPSA) is 80.5 Å². The molecule has 3 heterocycles. The molecule has 0 aliphatic carbocycles. The fourth-order valence-electron chi connectivity index (χ4n) is 3.14. The maximum Gasteiger partial charge on any atom is 0.232 e. The van der Waals surface area contributed by atoms with E-state index >= 15 is 0 Å². The lowest BCUT2D eigenvalue weighted by Crippen LogP contribution is -2.29. The molecule has 0 spiro atoms. The Kier molecular flexibility index (Phi) is 3.77. The van der Waals surface area contributed by atoms with Crippen molar-refractivity contribution in [1.29, 1.82) is 0 Å². The molecule has 2 aromatic heterocycles. The van der Waals surface area contributed by atoms with E-state index < -0.39 is 15.8 Å². The molecule has 8 heteroatoms. The molecule has 25 heavy (non-hydrogen) atoms. The third kappa shape index (κ3) is 2.79. The largest absolute Gasteiger partial charge is 0.322 e. The lowest BCUT2D eigenvalue weighted by Gasteiger charge is -2.24. The van der Waals surface area contributed by atoms with E-state index in [1.165, 1.54) is 12.1 Å². The Balaban J connectivity index is 1.70. The number of anilines is 1. The van der Waals surface area contributed by atoms with Crippen molar-refractivity contribution in [1.82, 2.24) is 9.61 Å². The van der Waals surface area contributed by atoms with Gasteiger partial charge in [-0.05, 0) is 42.3 Å². The van der Waals surface area contributed by atoms with Crippen molar-refractivity contribution in [3.8, 4) is 0 Å². The first-order valence-corrected chi connectivity index (χ1v) is 9.74. The van der Waals surface area contributed by atoms with E-state index in [1.54, 1.807) is 23.0 Å². The molecule has 4 rings (SSSR count). The highest BCUT2D eigenvalue weighted by Gasteiger charge is 2.34. The molecule has 0 fully saturated rings. The number of benzene rings is 1.